The van der Waals surface area contributed by atoms with E-state index in [1.807, 2.05) is 36.4 Å². The maximum absolute atomic E-state index is 9.32. The van der Waals surface area contributed by atoms with Crippen LogP contribution in [-0.4, -0.2) is 14.5 Å². The normalized spacial score (nSPS) is 11.3. The van der Waals surface area contributed by atoms with Crippen LogP contribution in [0, 0.1) is 11.3 Å². The molecule has 55 heavy (non-hydrogen) atoms. The van der Waals surface area contributed by atoms with E-state index >= 15 is 0 Å². The lowest BCUT2D eigenvalue weighted by molar-refractivity contribution is 1.05. The summed E-state index contributed by atoms with van der Waals surface area (Å²) in [5.41, 5.74) is 12.2. The first-order valence-electron chi connectivity index (χ1n) is 18.4. The second kappa shape index (κ2) is 13.4. The summed E-state index contributed by atoms with van der Waals surface area (Å²) in [4.78, 5) is 10.9. The SMILES string of the molecule is N#Cc1ccc(-c2ccc(-c3ccc(-c4nc(-c5ccccc5)c(-c5ccccc5)c(-n5c6ccccc6c6ccccc65)n4)cc3)c3ccccc23)cc1. The van der Waals surface area contributed by atoms with Crippen molar-refractivity contribution in [1.82, 2.24) is 14.5 Å². The molecule has 10 rings (SSSR count). The van der Waals surface area contributed by atoms with Crippen LogP contribution < -0.4 is 0 Å². The number of para-hydroxylation sites is 2. The molecular weight excluding hydrogens is 669 g/mol. The molecule has 0 unspecified atom stereocenters. The van der Waals surface area contributed by atoms with Crippen LogP contribution in [0.5, 0.6) is 0 Å². The molecule has 2 aromatic heterocycles. The third kappa shape index (κ3) is 5.55. The number of rotatable bonds is 6. The van der Waals surface area contributed by atoms with Crippen molar-refractivity contribution in [2.45, 2.75) is 0 Å². The minimum atomic E-state index is 0.654. The molecule has 0 saturated heterocycles. The van der Waals surface area contributed by atoms with Gasteiger partial charge in [0.05, 0.1) is 33.9 Å². The van der Waals surface area contributed by atoms with Crippen LogP contribution >= 0.6 is 0 Å². The maximum atomic E-state index is 9.32. The van der Waals surface area contributed by atoms with Crippen molar-refractivity contribution in [1.29, 1.82) is 5.26 Å². The van der Waals surface area contributed by atoms with E-state index in [-0.39, 0.29) is 0 Å². The quantitative estimate of drug-likeness (QED) is 0.173. The van der Waals surface area contributed by atoms with Gasteiger partial charge in [-0.3, -0.25) is 4.57 Å². The number of fused-ring (bicyclic) bond motifs is 4. The van der Waals surface area contributed by atoms with Crippen molar-refractivity contribution in [2.24, 2.45) is 0 Å². The van der Waals surface area contributed by atoms with Crippen LogP contribution in [0.25, 0.3) is 94.4 Å². The van der Waals surface area contributed by atoms with Gasteiger partial charge in [-0.1, -0.05) is 170 Å². The fourth-order valence-electron chi connectivity index (χ4n) is 7.89. The van der Waals surface area contributed by atoms with Crippen LogP contribution in [0.1, 0.15) is 5.56 Å². The van der Waals surface area contributed by atoms with Crippen LogP contribution in [0.15, 0.2) is 194 Å². The molecule has 4 heteroatoms. The Morgan fingerprint density at radius 3 is 1.38 bits per heavy atom. The van der Waals surface area contributed by atoms with E-state index in [2.05, 4.69) is 168 Å². The van der Waals surface area contributed by atoms with Crippen molar-refractivity contribution in [3.63, 3.8) is 0 Å². The summed E-state index contributed by atoms with van der Waals surface area (Å²) < 4.78 is 2.31. The number of benzene rings is 8. The van der Waals surface area contributed by atoms with E-state index in [4.69, 9.17) is 9.97 Å². The summed E-state index contributed by atoms with van der Waals surface area (Å²) in [6.45, 7) is 0. The zero-order valence-corrected chi connectivity index (χ0v) is 29.8. The minimum absolute atomic E-state index is 0.654. The Morgan fingerprint density at radius 2 is 0.836 bits per heavy atom. The van der Waals surface area contributed by atoms with E-state index in [1.54, 1.807) is 0 Å². The summed E-state index contributed by atoms with van der Waals surface area (Å²) in [5, 5.41) is 14.0. The van der Waals surface area contributed by atoms with Crippen LogP contribution in [0.2, 0.25) is 0 Å². The first-order chi connectivity index (χ1) is 27.2. The lowest BCUT2D eigenvalue weighted by Gasteiger charge is -2.19. The van der Waals surface area contributed by atoms with E-state index in [1.165, 1.54) is 16.2 Å². The summed E-state index contributed by atoms with van der Waals surface area (Å²) in [6, 6.07) is 69.6. The molecule has 10 aromatic rings. The Morgan fingerprint density at radius 1 is 0.382 bits per heavy atom. The van der Waals surface area contributed by atoms with Crippen molar-refractivity contribution < 1.29 is 0 Å². The van der Waals surface area contributed by atoms with Gasteiger partial charge >= 0.3 is 0 Å². The maximum Gasteiger partial charge on any atom is 0.162 e. The minimum Gasteiger partial charge on any atom is -0.293 e. The molecule has 256 valence electrons. The Hall–Kier alpha value is -7.61. The zero-order valence-electron chi connectivity index (χ0n) is 29.8. The van der Waals surface area contributed by atoms with Crippen LogP contribution in [-0.2, 0) is 0 Å². The third-order valence-corrected chi connectivity index (χ3v) is 10.5. The summed E-state index contributed by atoms with van der Waals surface area (Å²) >= 11 is 0. The van der Waals surface area contributed by atoms with Crippen molar-refractivity contribution in [3.8, 4) is 67.9 Å². The highest BCUT2D eigenvalue weighted by atomic mass is 15.1. The van der Waals surface area contributed by atoms with E-state index in [0.717, 1.165) is 72.4 Å². The van der Waals surface area contributed by atoms with Gasteiger partial charge in [0, 0.05) is 21.9 Å². The first kappa shape index (κ1) is 32.1. The Balaban J connectivity index is 1.17. The monoisotopic (exact) mass is 700 g/mol. The summed E-state index contributed by atoms with van der Waals surface area (Å²) in [6.07, 6.45) is 0. The molecule has 4 nitrogen and oxygen atoms in total. The molecular formula is C51H32N4. The van der Waals surface area contributed by atoms with Gasteiger partial charge in [0.15, 0.2) is 5.82 Å². The second-order valence-corrected chi connectivity index (χ2v) is 13.7. The van der Waals surface area contributed by atoms with Crippen LogP contribution in [0.3, 0.4) is 0 Å². The highest BCUT2D eigenvalue weighted by Gasteiger charge is 2.23. The molecule has 0 saturated carbocycles. The fourth-order valence-corrected chi connectivity index (χ4v) is 7.89. The Kier molecular flexibility index (Phi) is 7.83. The number of hydrogen-bond donors (Lipinski definition) is 0. The van der Waals surface area contributed by atoms with Crippen molar-refractivity contribution in [3.05, 3.63) is 200 Å². The molecule has 0 radical (unpaired) electrons. The number of aromatic nitrogens is 3. The van der Waals surface area contributed by atoms with Crippen molar-refractivity contribution >= 4 is 32.6 Å². The van der Waals surface area contributed by atoms with Gasteiger partial charge in [0.25, 0.3) is 0 Å². The average molecular weight is 701 g/mol. The van der Waals surface area contributed by atoms with Gasteiger partial charge in [0.1, 0.15) is 5.82 Å². The molecule has 0 atom stereocenters. The van der Waals surface area contributed by atoms with Gasteiger partial charge in [-0.2, -0.15) is 5.26 Å². The Bertz CT molecular complexity index is 3010. The first-order valence-corrected chi connectivity index (χ1v) is 18.4. The largest absolute Gasteiger partial charge is 0.293 e. The summed E-state index contributed by atoms with van der Waals surface area (Å²) in [7, 11) is 0. The molecule has 0 bridgehead atoms. The van der Waals surface area contributed by atoms with E-state index in [9.17, 15) is 5.26 Å². The Labute approximate surface area is 318 Å². The average Bonchev–Trinajstić information content (AvgIpc) is 3.60. The molecule has 0 spiro atoms. The number of hydrogen-bond acceptors (Lipinski definition) is 3. The molecule has 0 fully saturated rings. The van der Waals surface area contributed by atoms with Gasteiger partial charge in [-0.15, -0.1) is 0 Å². The predicted molar refractivity (Wildman–Crippen MR) is 226 cm³/mol. The molecule has 8 aromatic carbocycles. The summed E-state index contributed by atoms with van der Waals surface area (Å²) in [5.74, 6) is 1.49. The van der Waals surface area contributed by atoms with Crippen molar-refractivity contribution in [2.75, 3.05) is 0 Å². The van der Waals surface area contributed by atoms with Gasteiger partial charge in [-0.25, -0.2) is 9.97 Å². The molecule has 2 heterocycles. The zero-order chi connectivity index (χ0) is 36.7. The topological polar surface area (TPSA) is 54.5 Å². The third-order valence-electron chi connectivity index (χ3n) is 10.5. The molecule has 0 aliphatic heterocycles. The number of nitrogens with zero attached hydrogens (tertiary/aromatic N) is 4. The predicted octanol–water partition coefficient (Wildman–Crippen LogP) is 12.9. The van der Waals surface area contributed by atoms with E-state index < -0.39 is 0 Å². The molecule has 0 N–H and O–H groups in total. The highest BCUT2D eigenvalue weighted by Crippen LogP contribution is 2.41. The standard InChI is InChI=1S/C51H32N4/c52-33-34-23-25-35(26-24-34)40-31-32-41(43-18-8-7-17-42(40)43)36-27-29-39(30-28-36)50-53-49(38-15-5-2-6-16-38)48(37-13-3-1-4-14-37)51(54-50)55-46-21-11-9-19-44(46)45-20-10-12-22-47(45)55/h1-32H. The second-order valence-electron chi connectivity index (χ2n) is 13.7. The fraction of sp³-hybridized carbons (Fsp3) is 0. The van der Waals surface area contributed by atoms with Gasteiger partial charge < -0.3 is 0 Å². The highest BCUT2D eigenvalue weighted by molar-refractivity contribution is 6.10. The molecule has 0 aliphatic rings. The van der Waals surface area contributed by atoms with Crippen LogP contribution in [0.4, 0.5) is 0 Å². The lowest BCUT2D eigenvalue weighted by Crippen LogP contribution is -2.06. The lowest BCUT2D eigenvalue weighted by atomic mass is 9.91. The smallest absolute Gasteiger partial charge is 0.162 e. The molecule has 0 amide bonds. The van der Waals surface area contributed by atoms with E-state index in [0.29, 0.717) is 11.4 Å². The van der Waals surface area contributed by atoms with Gasteiger partial charge in [-0.05, 0) is 62.9 Å². The number of nitriles is 1. The molecule has 0 aliphatic carbocycles. The van der Waals surface area contributed by atoms with Gasteiger partial charge in [0.2, 0.25) is 0 Å².